The Labute approximate surface area is 275 Å². The van der Waals surface area contributed by atoms with E-state index in [1.54, 1.807) is 41.1 Å². The van der Waals surface area contributed by atoms with Gasteiger partial charge in [0.05, 0.1) is 22.5 Å². The number of nitrogens with one attached hydrogen (secondary N) is 2. The van der Waals surface area contributed by atoms with E-state index in [1.807, 2.05) is 55.5 Å². The average Bonchev–Trinajstić information content (AvgIpc) is 3.55. The number of allylic oxidation sites excluding steroid dienone is 11. The molecular weight excluding hydrogens is 616 g/mol. The molecule has 1 aromatic carbocycles. The van der Waals surface area contributed by atoms with E-state index in [0.717, 1.165) is 39.4 Å². The highest BCUT2D eigenvalue weighted by atomic mass is 35.5. The summed E-state index contributed by atoms with van der Waals surface area (Å²) in [6, 6.07) is 12.1. The summed E-state index contributed by atoms with van der Waals surface area (Å²) in [5.74, 6) is -0.225. The van der Waals surface area contributed by atoms with Crippen LogP contribution in [0.25, 0.3) is 17.8 Å². The molecule has 46 heavy (non-hydrogen) atoms. The van der Waals surface area contributed by atoms with Gasteiger partial charge in [0.2, 0.25) is 5.78 Å². The Morgan fingerprint density at radius 3 is 2.50 bits per heavy atom. The molecular formula is C36H29ClN6O2S. The third-order valence-corrected chi connectivity index (χ3v) is 9.56. The van der Waals surface area contributed by atoms with Crippen LogP contribution in [-0.4, -0.2) is 27.1 Å². The molecule has 10 heteroatoms. The van der Waals surface area contributed by atoms with Crippen molar-refractivity contribution in [3.63, 3.8) is 0 Å². The zero-order chi connectivity index (χ0) is 32.4. The lowest BCUT2D eigenvalue weighted by Gasteiger charge is -2.29. The minimum atomic E-state index is -0.289. The number of benzene rings is 1. The molecule has 228 valence electrons. The Morgan fingerprint density at radius 2 is 1.78 bits per heavy atom. The average molecular weight is 645 g/mol. The smallest absolute Gasteiger partial charge is 0.205 e. The molecule has 0 fully saturated rings. The van der Waals surface area contributed by atoms with E-state index >= 15 is 0 Å². The van der Waals surface area contributed by atoms with Crippen molar-refractivity contribution < 1.29 is 9.59 Å². The molecule has 8 nitrogen and oxygen atoms in total. The van der Waals surface area contributed by atoms with E-state index in [9.17, 15) is 14.9 Å². The summed E-state index contributed by atoms with van der Waals surface area (Å²) in [6.07, 6.45) is 19.7. The number of hydrogen-bond acceptors (Lipinski definition) is 8. The summed E-state index contributed by atoms with van der Waals surface area (Å²) < 4.78 is 1.72. The molecule has 3 aromatic rings. The maximum absolute atomic E-state index is 12.8. The van der Waals surface area contributed by atoms with Crippen molar-refractivity contribution in [3.8, 4) is 11.8 Å². The van der Waals surface area contributed by atoms with Crippen LogP contribution in [0.4, 0.5) is 5.00 Å². The third kappa shape index (κ3) is 6.01. The van der Waals surface area contributed by atoms with Crippen LogP contribution in [0.5, 0.6) is 0 Å². The monoisotopic (exact) mass is 644 g/mol. The van der Waals surface area contributed by atoms with Gasteiger partial charge in [0.1, 0.15) is 27.8 Å². The van der Waals surface area contributed by atoms with Gasteiger partial charge in [0.25, 0.3) is 0 Å². The molecule has 3 aliphatic rings. The van der Waals surface area contributed by atoms with Crippen molar-refractivity contribution >= 4 is 57.4 Å². The lowest BCUT2D eigenvalue weighted by atomic mass is 9.77. The maximum atomic E-state index is 12.8. The number of hydrogen-bond donors (Lipinski definition) is 2. The first kappa shape index (κ1) is 30.7. The highest BCUT2D eigenvalue weighted by Gasteiger charge is 2.33. The summed E-state index contributed by atoms with van der Waals surface area (Å²) in [7, 11) is 0. The maximum Gasteiger partial charge on any atom is 0.205 e. The zero-order valence-corrected chi connectivity index (χ0v) is 26.9. The van der Waals surface area contributed by atoms with Gasteiger partial charge in [0.15, 0.2) is 5.78 Å². The van der Waals surface area contributed by atoms with Crippen molar-refractivity contribution in [1.82, 2.24) is 15.2 Å². The van der Waals surface area contributed by atoms with Gasteiger partial charge >= 0.3 is 0 Å². The molecule has 0 aliphatic heterocycles. The van der Waals surface area contributed by atoms with Crippen LogP contribution in [0.1, 0.15) is 47.5 Å². The van der Waals surface area contributed by atoms with Gasteiger partial charge in [-0.3, -0.25) is 15.0 Å². The predicted octanol–water partition coefficient (Wildman–Crippen LogP) is 7.50. The number of hydrazone groups is 1. The molecule has 0 unspecified atom stereocenters. The van der Waals surface area contributed by atoms with E-state index in [1.165, 1.54) is 23.5 Å². The number of fused-ring (bicyclic) bond motifs is 1. The van der Waals surface area contributed by atoms with Crippen LogP contribution < -0.4 is 10.7 Å². The Kier molecular flexibility index (Phi) is 8.41. The van der Waals surface area contributed by atoms with E-state index in [0.29, 0.717) is 21.3 Å². The second kappa shape index (κ2) is 12.6. The van der Waals surface area contributed by atoms with E-state index in [4.69, 9.17) is 11.6 Å². The van der Waals surface area contributed by atoms with E-state index in [-0.39, 0.29) is 28.5 Å². The fourth-order valence-corrected chi connectivity index (χ4v) is 7.03. The molecule has 0 spiro atoms. The molecule has 0 saturated carbocycles. The fraction of sp³-hybridized carbons (Fsp3) is 0.139. The zero-order valence-electron chi connectivity index (χ0n) is 25.3. The third-order valence-electron chi connectivity index (χ3n) is 7.71. The first-order chi connectivity index (χ1) is 22.2. The Balaban J connectivity index is 1.35. The minimum absolute atomic E-state index is 0.196. The molecule has 0 atom stereocenters. The highest BCUT2D eigenvalue weighted by Crippen LogP contribution is 2.48. The Bertz CT molecular complexity index is 2060. The number of nitriles is 1. The quantitative estimate of drug-likeness (QED) is 0.156. The number of carbonyl (C=O) groups is 2. The molecule has 2 aromatic heterocycles. The number of carbonyl (C=O) groups excluding carboxylic acids is 2. The number of thiophene rings is 1. The molecule has 0 radical (unpaired) electrons. The number of ketones is 2. The summed E-state index contributed by atoms with van der Waals surface area (Å²) >= 11 is 8.24. The van der Waals surface area contributed by atoms with Crippen LogP contribution in [0.3, 0.4) is 0 Å². The second-order valence-corrected chi connectivity index (χ2v) is 12.9. The van der Waals surface area contributed by atoms with Crippen molar-refractivity contribution in [2.75, 3.05) is 5.32 Å². The Morgan fingerprint density at radius 1 is 1.07 bits per heavy atom. The van der Waals surface area contributed by atoms with E-state index < -0.39 is 0 Å². The van der Waals surface area contributed by atoms with Gasteiger partial charge < -0.3 is 5.32 Å². The van der Waals surface area contributed by atoms with E-state index in [2.05, 4.69) is 40.9 Å². The van der Waals surface area contributed by atoms with Crippen LogP contribution in [0.15, 0.2) is 107 Å². The van der Waals surface area contributed by atoms with Crippen LogP contribution in [-0.2, 0) is 15.0 Å². The first-order valence-corrected chi connectivity index (χ1v) is 15.8. The number of aryl methyl sites for hydroxylation is 1. The number of rotatable bonds is 7. The minimum Gasteiger partial charge on any atom is -0.331 e. The first-order valence-electron chi connectivity index (χ1n) is 14.6. The van der Waals surface area contributed by atoms with Crippen molar-refractivity contribution in [3.05, 3.63) is 134 Å². The topological polar surface area (TPSA) is 112 Å². The highest BCUT2D eigenvalue weighted by molar-refractivity contribution is 7.16. The lowest BCUT2D eigenvalue weighted by Crippen LogP contribution is -2.23. The van der Waals surface area contributed by atoms with Gasteiger partial charge in [-0.15, -0.1) is 11.3 Å². The fourth-order valence-electron chi connectivity index (χ4n) is 5.46. The summed E-state index contributed by atoms with van der Waals surface area (Å²) in [6.45, 7) is 6.23. The molecule has 6 rings (SSSR count). The van der Waals surface area contributed by atoms with Gasteiger partial charge in [-0.25, -0.2) is 4.68 Å². The molecule has 0 saturated heterocycles. The van der Waals surface area contributed by atoms with Gasteiger partial charge in [-0.1, -0.05) is 74.0 Å². The number of nitrogens with zero attached hydrogens (tertiary/aromatic N) is 4. The Hall–Kier alpha value is -5.30. The van der Waals surface area contributed by atoms with Gasteiger partial charge in [-0.05, 0) is 67.5 Å². The molecule has 3 aliphatic carbocycles. The molecule has 2 heterocycles. The van der Waals surface area contributed by atoms with Gasteiger partial charge in [0, 0.05) is 21.4 Å². The summed E-state index contributed by atoms with van der Waals surface area (Å²) in [4.78, 5) is 26.2. The number of aromatic nitrogens is 2. The standard InChI is InChI=1S/C36H29ClN6O2S/c1-22-25(33(37)43(42-22)24-11-5-4-6-12-24)18-17-23-19-27-28(21-38)35(46-32(27)36(2,3)20-23)39-34(26-13-7-9-15-30(26)44)41-40-29-14-8-10-16-31(29)45/h4-19,39,41H,20H2,1-3H3/b18-17-,34-26-,40-29+. The van der Waals surface area contributed by atoms with Crippen molar-refractivity contribution in [2.24, 2.45) is 5.10 Å². The molecule has 0 bridgehead atoms. The van der Waals surface area contributed by atoms with Crippen molar-refractivity contribution in [2.45, 2.75) is 32.6 Å². The molecule has 0 amide bonds. The summed E-state index contributed by atoms with van der Waals surface area (Å²) in [5, 5.41) is 23.7. The van der Waals surface area contributed by atoms with Crippen molar-refractivity contribution in [1.29, 1.82) is 5.26 Å². The van der Waals surface area contributed by atoms with Crippen LogP contribution >= 0.6 is 22.9 Å². The summed E-state index contributed by atoms with van der Waals surface area (Å²) in [5.41, 5.74) is 7.95. The molecule has 2 N–H and O–H groups in total. The van der Waals surface area contributed by atoms with Gasteiger partial charge in [-0.2, -0.15) is 15.5 Å². The lowest BCUT2D eigenvalue weighted by molar-refractivity contribution is -0.111. The van der Waals surface area contributed by atoms with Crippen LogP contribution in [0.2, 0.25) is 5.15 Å². The normalized spacial score (nSPS) is 18.6. The number of halogens is 1. The second-order valence-electron chi connectivity index (χ2n) is 11.5. The largest absolute Gasteiger partial charge is 0.331 e. The number of para-hydroxylation sites is 1. The predicted molar refractivity (Wildman–Crippen MR) is 185 cm³/mol. The number of anilines is 1. The van der Waals surface area contributed by atoms with Crippen LogP contribution in [0, 0.1) is 18.3 Å². The SMILES string of the molecule is Cc1nn(-c2ccccc2)c(Cl)c1/C=C\C1=Cc2c(sc(N/C(N/N=C3\C=CC=CC3=O)=C3\C=CC=CC3=O)c2C#N)C(C)(C)C1.